The summed E-state index contributed by atoms with van der Waals surface area (Å²) >= 11 is 0. The molecule has 0 aliphatic carbocycles. The molecular formula is C11H9FN4O3. The van der Waals surface area contributed by atoms with Crippen LogP contribution in [0, 0.1) is 15.9 Å². The zero-order chi connectivity index (χ0) is 14.0. The van der Waals surface area contributed by atoms with Gasteiger partial charge in [0.15, 0.2) is 5.69 Å². The van der Waals surface area contributed by atoms with Crippen molar-refractivity contribution in [3.05, 3.63) is 52.0 Å². The number of amides is 1. The van der Waals surface area contributed by atoms with Gasteiger partial charge in [-0.3, -0.25) is 4.79 Å². The molecule has 1 aromatic heterocycles. The number of carbonyl (C=O) groups excluding carboxylic acids is 1. The van der Waals surface area contributed by atoms with Gasteiger partial charge in [0.25, 0.3) is 5.91 Å². The summed E-state index contributed by atoms with van der Waals surface area (Å²) in [6, 6.07) is 5.93. The third-order valence-corrected chi connectivity index (χ3v) is 2.38. The second kappa shape index (κ2) is 4.77. The number of aromatic amines is 1. The van der Waals surface area contributed by atoms with Crippen molar-refractivity contribution in [2.24, 2.45) is 0 Å². The normalized spacial score (nSPS) is 10.2. The highest BCUT2D eigenvalue weighted by atomic mass is 19.1. The van der Waals surface area contributed by atoms with Crippen molar-refractivity contribution in [3.8, 4) is 0 Å². The van der Waals surface area contributed by atoms with Crippen LogP contribution in [-0.2, 0) is 0 Å². The van der Waals surface area contributed by atoms with Crippen LogP contribution < -0.4 is 11.1 Å². The van der Waals surface area contributed by atoms with Crippen LogP contribution in [0.3, 0.4) is 0 Å². The summed E-state index contributed by atoms with van der Waals surface area (Å²) in [6.45, 7) is 0. The molecule has 0 radical (unpaired) electrons. The number of rotatable bonds is 3. The second-order valence-electron chi connectivity index (χ2n) is 3.70. The number of nitrogens with two attached hydrogens (primary N) is 1. The summed E-state index contributed by atoms with van der Waals surface area (Å²) < 4.78 is 13.0. The van der Waals surface area contributed by atoms with Crippen molar-refractivity contribution < 1.29 is 14.1 Å². The molecule has 8 heteroatoms. The fraction of sp³-hybridized carbons (Fsp3) is 0. The van der Waals surface area contributed by atoms with Crippen LogP contribution in [-0.4, -0.2) is 15.8 Å². The third-order valence-electron chi connectivity index (χ3n) is 2.38. The molecule has 98 valence electrons. The molecule has 0 unspecified atom stereocenters. The third kappa shape index (κ3) is 2.68. The van der Waals surface area contributed by atoms with Crippen molar-refractivity contribution in [2.75, 3.05) is 11.1 Å². The summed E-state index contributed by atoms with van der Waals surface area (Å²) in [5.74, 6) is -1.51. The first-order valence-corrected chi connectivity index (χ1v) is 5.17. The second-order valence-corrected chi connectivity index (χ2v) is 3.70. The van der Waals surface area contributed by atoms with Crippen LogP contribution >= 0.6 is 0 Å². The highest BCUT2D eigenvalue weighted by Crippen LogP contribution is 2.20. The average Bonchev–Trinajstić information content (AvgIpc) is 2.83. The van der Waals surface area contributed by atoms with Crippen LogP contribution in [0.1, 0.15) is 10.5 Å². The Balaban J connectivity index is 2.20. The fourth-order valence-corrected chi connectivity index (χ4v) is 1.45. The van der Waals surface area contributed by atoms with Gasteiger partial charge < -0.3 is 21.2 Å². The number of anilines is 2. The number of benzene rings is 1. The number of nitrogen functional groups attached to an aromatic ring is 1. The highest BCUT2D eigenvalue weighted by molar-refractivity contribution is 6.04. The van der Waals surface area contributed by atoms with E-state index >= 15 is 0 Å². The van der Waals surface area contributed by atoms with Crippen molar-refractivity contribution in [2.45, 2.75) is 0 Å². The van der Waals surface area contributed by atoms with Gasteiger partial charge in [0.05, 0.1) is 11.4 Å². The van der Waals surface area contributed by atoms with E-state index in [0.717, 1.165) is 18.2 Å². The maximum atomic E-state index is 13.0. The number of nitro groups is 1. The van der Waals surface area contributed by atoms with Crippen molar-refractivity contribution in [3.63, 3.8) is 0 Å². The van der Waals surface area contributed by atoms with E-state index in [2.05, 4.69) is 10.3 Å². The van der Waals surface area contributed by atoms with Crippen LogP contribution in [0.2, 0.25) is 0 Å². The molecule has 0 bridgehead atoms. The molecule has 4 N–H and O–H groups in total. The number of nitrogens with zero attached hydrogens (tertiary/aromatic N) is 1. The molecule has 0 atom stereocenters. The molecule has 0 saturated carbocycles. The Labute approximate surface area is 106 Å². The molecule has 2 aromatic rings. The number of aromatic nitrogens is 1. The number of H-pyrrole nitrogens is 1. The van der Waals surface area contributed by atoms with Crippen LogP contribution in [0.5, 0.6) is 0 Å². The molecule has 0 saturated heterocycles. The molecule has 0 aliphatic heterocycles. The summed E-state index contributed by atoms with van der Waals surface area (Å²) in [6.07, 6.45) is 0. The summed E-state index contributed by atoms with van der Waals surface area (Å²) in [5.41, 5.74) is 5.84. The standard InChI is InChI=1S/C11H9FN4O3/c12-6-1-2-7(13)9(5-6)15-11(17)8-3-4-10(14-8)16(18)19/h1-5,14H,13H2,(H,15,17). The van der Waals surface area contributed by atoms with E-state index in [1.165, 1.54) is 12.1 Å². The van der Waals surface area contributed by atoms with Gasteiger partial charge in [0.1, 0.15) is 5.82 Å². The molecule has 2 rings (SSSR count). The number of hydrogen-bond donors (Lipinski definition) is 3. The Hall–Kier alpha value is -2.90. The fourth-order valence-electron chi connectivity index (χ4n) is 1.45. The number of halogens is 1. The van der Waals surface area contributed by atoms with Crippen molar-refractivity contribution in [1.29, 1.82) is 0 Å². The molecule has 19 heavy (non-hydrogen) atoms. The van der Waals surface area contributed by atoms with Gasteiger partial charge in [-0.05, 0) is 29.2 Å². The van der Waals surface area contributed by atoms with E-state index in [0.29, 0.717) is 0 Å². The summed E-state index contributed by atoms with van der Waals surface area (Å²) in [7, 11) is 0. The molecule has 0 spiro atoms. The largest absolute Gasteiger partial charge is 0.397 e. The lowest BCUT2D eigenvalue weighted by Gasteiger charge is -2.06. The maximum Gasteiger partial charge on any atom is 0.321 e. The van der Waals surface area contributed by atoms with E-state index in [1.54, 1.807) is 0 Å². The maximum absolute atomic E-state index is 13.0. The minimum Gasteiger partial charge on any atom is -0.397 e. The molecule has 1 aromatic carbocycles. The van der Waals surface area contributed by atoms with Crippen LogP contribution in [0.25, 0.3) is 0 Å². The van der Waals surface area contributed by atoms with E-state index in [9.17, 15) is 19.3 Å². The van der Waals surface area contributed by atoms with Gasteiger partial charge in [-0.2, -0.15) is 0 Å². The quantitative estimate of drug-likeness (QED) is 0.446. The number of hydrogen-bond acceptors (Lipinski definition) is 4. The molecular weight excluding hydrogens is 255 g/mol. The first kappa shape index (κ1) is 12.6. The van der Waals surface area contributed by atoms with Gasteiger partial charge in [0.2, 0.25) is 0 Å². The zero-order valence-corrected chi connectivity index (χ0v) is 9.51. The predicted octanol–water partition coefficient (Wildman–Crippen LogP) is 1.90. The first-order valence-electron chi connectivity index (χ1n) is 5.17. The van der Waals surface area contributed by atoms with Gasteiger partial charge >= 0.3 is 5.82 Å². The number of carbonyl (C=O) groups is 1. The summed E-state index contributed by atoms with van der Waals surface area (Å²) in [4.78, 5) is 23.9. The SMILES string of the molecule is Nc1ccc(F)cc1NC(=O)c1ccc([N+](=O)[O-])[nH]1. The Kier molecular flexibility index (Phi) is 3.15. The van der Waals surface area contributed by atoms with Gasteiger partial charge in [0, 0.05) is 6.07 Å². The lowest BCUT2D eigenvalue weighted by atomic mass is 10.2. The summed E-state index contributed by atoms with van der Waals surface area (Å²) in [5, 5.41) is 12.8. The monoisotopic (exact) mass is 264 g/mol. The van der Waals surface area contributed by atoms with Crippen molar-refractivity contribution >= 4 is 23.1 Å². The molecule has 0 aliphatic rings. The Morgan fingerprint density at radius 1 is 1.37 bits per heavy atom. The van der Waals surface area contributed by atoms with Crippen LogP contribution in [0.15, 0.2) is 30.3 Å². The predicted molar refractivity (Wildman–Crippen MR) is 66.2 cm³/mol. The van der Waals surface area contributed by atoms with Gasteiger partial charge in [-0.25, -0.2) is 9.37 Å². The van der Waals surface area contributed by atoms with Crippen LogP contribution in [0.4, 0.5) is 21.6 Å². The highest BCUT2D eigenvalue weighted by Gasteiger charge is 2.16. The molecule has 1 heterocycles. The molecule has 7 nitrogen and oxygen atoms in total. The Bertz CT molecular complexity index is 653. The first-order chi connectivity index (χ1) is 8.97. The van der Waals surface area contributed by atoms with E-state index < -0.39 is 16.6 Å². The van der Waals surface area contributed by atoms with E-state index in [4.69, 9.17) is 5.73 Å². The lowest BCUT2D eigenvalue weighted by molar-refractivity contribution is -0.389. The topological polar surface area (TPSA) is 114 Å². The Morgan fingerprint density at radius 2 is 2.11 bits per heavy atom. The lowest BCUT2D eigenvalue weighted by Crippen LogP contribution is -2.13. The minimum absolute atomic E-state index is 0.0182. The van der Waals surface area contributed by atoms with Crippen molar-refractivity contribution in [1.82, 2.24) is 4.98 Å². The minimum atomic E-state index is -0.659. The average molecular weight is 264 g/mol. The smallest absolute Gasteiger partial charge is 0.321 e. The van der Waals surface area contributed by atoms with E-state index in [1.807, 2.05) is 0 Å². The molecule has 0 fully saturated rings. The van der Waals surface area contributed by atoms with E-state index in [-0.39, 0.29) is 22.9 Å². The molecule has 1 amide bonds. The van der Waals surface area contributed by atoms with Gasteiger partial charge in [-0.1, -0.05) is 0 Å². The van der Waals surface area contributed by atoms with Gasteiger partial charge in [-0.15, -0.1) is 0 Å². The Morgan fingerprint density at radius 3 is 2.74 bits per heavy atom. The number of nitrogens with one attached hydrogen (secondary N) is 2. The zero-order valence-electron chi connectivity index (χ0n) is 9.51.